The zero-order chi connectivity index (χ0) is 17.9. The molecule has 1 aromatic heterocycles. The van der Waals surface area contributed by atoms with Crippen LogP contribution in [0.5, 0.6) is 11.6 Å². The molecule has 1 aliphatic heterocycles. The van der Waals surface area contributed by atoms with Gasteiger partial charge in [-0.3, -0.25) is 0 Å². The summed E-state index contributed by atoms with van der Waals surface area (Å²) >= 11 is 0. The Hall–Kier alpha value is -2.59. The van der Waals surface area contributed by atoms with Crippen LogP contribution in [0.25, 0.3) is 21.9 Å². The van der Waals surface area contributed by atoms with Crippen LogP contribution in [-0.2, 0) is 0 Å². The quantitative estimate of drug-likeness (QED) is 0.744. The molecule has 134 valence electrons. The molecule has 0 saturated carbocycles. The molecule has 1 fully saturated rings. The number of hydrogen-bond acceptors (Lipinski definition) is 4. The topological polar surface area (TPSA) is 43.4 Å². The van der Waals surface area contributed by atoms with E-state index >= 15 is 0 Å². The van der Waals surface area contributed by atoms with E-state index < -0.39 is 0 Å². The fraction of sp³-hybridized carbons (Fsp3) is 0.318. The Morgan fingerprint density at radius 1 is 1.19 bits per heavy atom. The number of aryl methyl sites for hydroxylation is 1. The van der Waals surface area contributed by atoms with E-state index in [0.29, 0.717) is 18.5 Å². The van der Waals surface area contributed by atoms with Gasteiger partial charge in [-0.15, -0.1) is 0 Å². The number of rotatable bonds is 5. The van der Waals surface area contributed by atoms with Crippen LogP contribution in [0.15, 0.2) is 48.7 Å². The van der Waals surface area contributed by atoms with E-state index in [2.05, 4.69) is 47.6 Å². The van der Waals surface area contributed by atoms with Gasteiger partial charge in [-0.2, -0.15) is 0 Å². The summed E-state index contributed by atoms with van der Waals surface area (Å²) in [6.45, 7) is 3.80. The first-order valence-corrected chi connectivity index (χ1v) is 9.15. The fourth-order valence-corrected chi connectivity index (χ4v) is 3.63. The van der Waals surface area contributed by atoms with E-state index in [9.17, 15) is 0 Å². The van der Waals surface area contributed by atoms with E-state index in [1.165, 1.54) is 12.0 Å². The summed E-state index contributed by atoms with van der Waals surface area (Å²) in [7, 11) is 1.69. The van der Waals surface area contributed by atoms with Gasteiger partial charge >= 0.3 is 0 Å². The first-order chi connectivity index (χ1) is 12.8. The van der Waals surface area contributed by atoms with Gasteiger partial charge in [-0.05, 0) is 37.9 Å². The second kappa shape index (κ2) is 7.34. The van der Waals surface area contributed by atoms with E-state index in [1.807, 2.05) is 18.3 Å². The highest BCUT2D eigenvalue weighted by molar-refractivity contribution is 6.02. The lowest BCUT2D eigenvalue weighted by Crippen LogP contribution is -2.28. The van der Waals surface area contributed by atoms with Crippen LogP contribution < -0.4 is 14.8 Å². The molecule has 2 heterocycles. The third kappa shape index (κ3) is 3.25. The molecule has 2 aromatic carbocycles. The average Bonchev–Trinajstić information content (AvgIpc) is 3.19. The molecular weight excluding hydrogens is 324 g/mol. The summed E-state index contributed by atoms with van der Waals surface area (Å²) in [5.74, 6) is 1.43. The van der Waals surface area contributed by atoms with Crippen molar-refractivity contribution in [2.24, 2.45) is 0 Å². The maximum absolute atomic E-state index is 6.11. The molecule has 4 heteroatoms. The van der Waals surface area contributed by atoms with Gasteiger partial charge in [0.05, 0.1) is 12.5 Å². The van der Waals surface area contributed by atoms with Gasteiger partial charge in [0.15, 0.2) is 0 Å². The van der Waals surface area contributed by atoms with Gasteiger partial charge in [-0.1, -0.05) is 42.0 Å². The molecule has 0 radical (unpaired) electrons. The van der Waals surface area contributed by atoms with Gasteiger partial charge in [0, 0.05) is 23.2 Å². The standard InChI is InChI=1S/C22H24N2O2/c1-15-6-3-7-16(12-15)19-13-24-22(26-14-17-8-5-11-23-17)21-18(19)9-4-10-20(21)25-2/h3-4,6-7,9-10,12-13,17,23H,5,8,11,14H2,1-2H3. The van der Waals surface area contributed by atoms with Crippen molar-refractivity contribution in [1.29, 1.82) is 0 Å². The zero-order valence-corrected chi connectivity index (χ0v) is 15.3. The second-order valence-electron chi connectivity index (χ2n) is 6.83. The Labute approximate surface area is 154 Å². The van der Waals surface area contributed by atoms with Crippen molar-refractivity contribution in [3.8, 4) is 22.8 Å². The van der Waals surface area contributed by atoms with Gasteiger partial charge < -0.3 is 14.8 Å². The Morgan fingerprint density at radius 2 is 2.08 bits per heavy atom. The number of methoxy groups -OCH3 is 1. The van der Waals surface area contributed by atoms with E-state index in [1.54, 1.807) is 7.11 Å². The third-order valence-electron chi connectivity index (χ3n) is 4.97. The van der Waals surface area contributed by atoms with Crippen molar-refractivity contribution >= 4 is 10.8 Å². The lowest BCUT2D eigenvalue weighted by molar-refractivity contribution is 0.270. The van der Waals surface area contributed by atoms with Crippen LogP contribution in [0, 0.1) is 6.92 Å². The molecule has 0 amide bonds. The summed E-state index contributed by atoms with van der Waals surface area (Å²) in [6.07, 6.45) is 4.27. The van der Waals surface area contributed by atoms with E-state index in [4.69, 9.17) is 9.47 Å². The Balaban J connectivity index is 1.79. The molecule has 0 spiro atoms. The van der Waals surface area contributed by atoms with E-state index in [0.717, 1.165) is 40.6 Å². The zero-order valence-electron chi connectivity index (χ0n) is 15.3. The number of hydrogen-bond donors (Lipinski definition) is 1. The van der Waals surface area contributed by atoms with Gasteiger partial charge in [0.2, 0.25) is 5.88 Å². The number of pyridine rings is 1. The highest BCUT2D eigenvalue weighted by Crippen LogP contribution is 2.38. The monoisotopic (exact) mass is 348 g/mol. The van der Waals surface area contributed by atoms with Crippen LogP contribution in [-0.4, -0.2) is 31.3 Å². The Bertz CT molecular complexity index is 917. The molecule has 1 unspecified atom stereocenters. The number of ether oxygens (including phenoxy) is 2. The van der Waals surface area contributed by atoms with Crippen molar-refractivity contribution < 1.29 is 9.47 Å². The third-order valence-corrected chi connectivity index (χ3v) is 4.97. The summed E-state index contributed by atoms with van der Waals surface area (Å²) in [4.78, 5) is 4.65. The minimum Gasteiger partial charge on any atom is -0.496 e. The molecule has 4 nitrogen and oxygen atoms in total. The number of benzene rings is 2. The van der Waals surface area contributed by atoms with Gasteiger partial charge in [-0.25, -0.2) is 4.98 Å². The summed E-state index contributed by atoms with van der Waals surface area (Å²) in [5, 5.41) is 5.50. The predicted octanol–water partition coefficient (Wildman–Crippen LogP) is 4.35. The maximum Gasteiger partial charge on any atom is 0.225 e. The van der Waals surface area contributed by atoms with Crippen LogP contribution in [0.3, 0.4) is 0 Å². The van der Waals surface area contributed by atoms with Gasteiger partial charge in [0.1, 0.15) is 12.4 Å². The molecule has 4 rings (SSSR count). The minimum atomic E-state index is 0.401. The van der Waals surface area contributed by atoms with Crippen molar-refractivity contribution in [2.45, 2.75) is 25.8 Å². The summed E-state index contributed by atoms with van der Waals surface area (Å²) < 4.78 is 11.7. The number of nitrogens with zero attached hydrogens (tertiary/aromatic N) is 1. The molecule has 1 aliphatic rings. The highest BCUT2D eigenvalue weighted by atomic mass is 16.5. The number of fused-ring (bicyclic) bond motifs is 1. The maximum atomic E-state index is 6.11. The van der Waals surface area contributed by atoms with Crippen LogP contribution in [0.1, 0.15) is 18.4 Å². The summed E-state index contributed by atoms with van der Waals surface area (Å²) in [5.41, 5.74) is 3.47. The van der Waals surface area contributed by atoms with Crippen molar-refractivity contribution in [3.05, 3.63) is 54.2 Å². The predicted molar refractivity (Wildman–Crippen MR) is 105 cm³/mol. The lowest BCUT2D eigenvalue weighted by Gasteiger charge is -2.16. The highest BCUT2D eigenvalue weighted by Gasteiger charge is 2.18. The molecule has 1 N–H and O–H groups in total. The SMILES string of the molecule is COc1cccc2c(-c3cccc(C)c3)cnc(OCC3CCCN3)c12. The minimum absolute atomic E-state index is 0.401. The van der Waals surface area contributed by atoms with Crippen molar-refractivity contribution in [2.75, 3.05) is 20.3 Å². The smallest absolute Gasteiger partial charge is 0.225 e. The molecule has 1 atom stereocenters. The van der Waals surface area contributed by atoms with Crippen LogP contribution in [0.4, 0.5) is 0 Å². The molecule has 3 aromatic rings. The Morgan fingerprint density at radius 3 is 2.85 bits per heavy atom. The molecule has 0 bridgehead atoms. The lowest BCUT2D eigenvalue weighted by atomic mass is 9.99. The van der Waals surface area contributed by atoms with Gasteiger partial charge in [0.25, 0.3) is 0 Å². The molecule has 0 aliphatic carbocycles. The first kappa shape index (κ1) is 16.9. The largest absolute Gasteiger partial charge is 0.496 e. The first-order valence-electron chi connectivity index (χ1n) is 9.15. The van der Waals surface area contributed by atoms with Crippen molar-refractivity contribution in [1.82, 2.24) is 10.3 Å². The molecular formula is C22H24N2O2. The molecule has 26 heavy (non-hydrogen) atoms. The summed E-state index contributed by atoms with van der Waals surface area (Å²) in [6, 6.07) is 15.0. The van der Waals surface area contributed by atoms with E-state index in [-0.39, 0.29) is 0 Å². The number of aromatic nitrogens is 1. The second-order valence-corrected chi connectivity index (χ2v) is 6.83. The average molecular weight is 348 g/mol. The normalized spacial score (nSPS) is 16.8. The van der Waals surface area contributed by atoms with Crippen LogP contribution in [0.2, 0.25) is 0 Å². The fourth-order valence-electron chi connectivity index (χ4n) is 3.63. The van der Waals surface area contributed by atoms with Crippen molar-refractivity contribution in [3.63, 3.8) is 0 Å². The van der Waals surface area contributed by atoms with Crippen LogP contribution >= 0.6 is 0 Å². The number of nitrogens with one attached hydrogen (secondary N) is 1. The molecule has 1 saturated heterocycles. The Kier molecular flexibility index (Phi) is 4.76.